The number of para-hydroxylation sites is 1. The van der Waals surface area contributed by atoms with E-state index in [2.05, 4.69) is 48.2 Å². The Morgan fingerprint density at radius 1 is 1.05 bits per heavy atom. The summed E-state index contributed by atoms with van der Waals surface area (Å²) in [7, 11) is 1.72. The molecule has 0 fully saturated rings. The van der Waals surface area contributed by atoms with Crippen molar-refractivity contribution in [2.45, 2.75) is 19.5 Å². The Morgan fingerprint density at radius 2 is 1.71 bits per heavy atom. The third-order valence-corrected chi connectivity index (χ3v) is 3.78. The highest BCUT2D eigenvalue weighted by Crippen LogP contribution is 2.29. The third kappa shape index (κ3) is 4.06. The van der Waals surface area contributed by atoms with Gasteiger partial charge in [-0.1, -0.05) is 48.5 Å². The van der Waals surface area contributed by atoms with E-state index in [-0.39, 0.29) is 6.04 Å². The van der Waals surface area contributed by atoms with Crippen molar-refractivity contribution in [1.29, 1.82) is 0 Å². The van der Waals surface area contributed by atoms with Gasteiger partial charge in [-0.3, -0.25) is 4.90 Å². The molecule has 0 aromatic heterocycles. The van der Waals surface area contributed by atoms with Gasteiger partial charge < -0.3 is 10.5 Å². The van der Waals surface area contributed by atoms with E-state index < -0.39 is 0 Å². The molecule has 0 heterocycles. The molecule has 0 aliphatic carbocycles. The minimum atomic E-state index is 0.255. The fourth-order valence-electron chi connectivity index (χ4n) is 2.60. The quantitative estimate of drug-likeness (QED) is 0.848. The predicted molar refractivity (Wildman–Crippen MR) is 87.3 cm³/mol. The Balaban J connectivity index is 2.20. The Hall–Kier alpha value is -1.84. The molecule has 0 saturated carbocycles. The van der Waals surface area contributed by atoms with Gasteiger partial charge in [0.1, 0.15) is 5.75 Å². The summed E-state index contributed by atoms with van der Waals surface area (Å²) in [5, 5.41) is 0. The lowest BCUT2D eigenvalue weighted by Crippen LogP contribution is -2.31. The molecule has 0 saturated heterocycles. The number of hydrogen-bond donors (Lipinski definition) is 1. The Morgan fingerprint density at radius 3 is 2.38 bits per heavy atom. The van der Waals surface area contributed by atoms with Crippen molar-refractivity contribution in [3.63, 3.8) is 0 Å². The predicted octanol–water partition coefficient (Wildman–Crippen LogP) is 3.22. The number of nitrogens with zero attached hydrogens (tertiary/aromatic N) is 1. The average molecular weight is 284 g/mol. The van der Waals surface area contributed by atoms with E-state index in [0.717, 1.165) is 18.8 Å². The summed E-state index contributed by atoms with van der Waals surface area (Å²) < 4.78 is 5.49. The maximum atomic E-state index is 5.80. The Bertz CT molecular complexity index is 542. The van der Waals surface area contributed by atoms with Crippen molar-refractivity contribution >= 4 is 0 Å². The van der Waals surface area contributed by atoms with Crippen LogP contribution in [0.25, 0.3) is 0 Å². The van der Waals surface area contributed by atoms with Crippen molar-refractivity contribution < 1.29 is 4.74 Å². The van der Waals surface area contributed by atoms with Crippen molar-refractivity contribution in [3.8, 4) is 5.75 Å². The van der Waals surface area contributed by atoms with E-state index in [1.54, 1.807) is 7.11 Å². The number of ether oxygens (including phenoxy) is 1. The number of hydrogen-bond acceptors (Lipinski definition) is 3. The molecule has 0 bridgehead atoms. The average Bonchev–Trinajstić information content (AvgIpc) is 2.54. The van der Waals surface area contributed by atoms with E-state index in [1.807, 2.05) is 18.2 Å². The van der Waals surface area contributed by atoms with Crippen molar-refractivity contribution in [2.24, 2.45) is 5.73 Å². The van der Waals surface area contributed by atoms with Gasteiger partial charge in [-0.15, -0.1) is 0 Å². The smallest absolute Gasteiger partial charge is 0.123 e. The van der Waals surface area contributed by atoms with Crippen LogP contribution in [0.4, 0.5) is 0 Å². The first kappa shape index (κ1) is 15.5. The first-order valence-electron chi connectivity index (χ1n) is 7.37. The molecule has 1 unspecified atom stereocenters. The highest BCUT2D eigenvalue weighted by Gasteiger charge is 2.18. The van der Waals surface area contributed by atoms with Crippen molar-refractivity contribution in [3.05, 3.63) is 65.7 Å². The van der Waals surface area contributed by atoms with Crippen molar-refractivity contribution in [1.82, 2.24) is 4.90 Å². The maximum Gasteiger partial charge on any atom is 0.123 e. The van der Waals surface area contributed by atoms with Crippen LogP contribution >= 0.6 is 0 Å². The Labute approximate surface area is 127 Å². The van der Waals surface area contributed by atoms with Crippen LogP contribution < -0.4 is 10.5 Å². The summed E-state index contributed by atoms with van der Waals surface area (Å²) in [5.41, 5.74) is 8.29. The zero-order valence-corrected chi connectivity index (χ0v) is 12.8. The standard InChI is InChI=1S/C18H24N2O/c1-15(17-10-6-7-11-18(17)21-2)20(13-12-19)14-16-8-4-3-5-9-16/h3-11,15H,12-14,19H2,1-2H3. The van der Waals surface area contributed by atoms with E-state index >= 15 is 0 Å². The maximum absolute atomic E-state index is 5.80. The van der Waals surface area contributed by atoms with Crippen LogP contribution in [0, 0.1) is 0 Å². The molecule has 0 aliphatic heterocycles. The van der Waals surface area contributed by atoms with E-state index in [1.165, 1.54) is 11.1 Å². The molecular formula is C18H24N2O. The summed E-state index contributed by atoms with van der Waals surface area (Å²) in [6.07, 6.45) is 0. The molecule has 0 aliphatic rings. The lowest BCUT2D eigenvalue weighted by Gasteiger charge is -2.30. The molecule has 0 spiro atoms. The van der Waals surface area contributed by atoms with Crippen LogP contribution in [-0.4, -0.2) is 25.1 Å². The van der Waals surface area contributed by atoms with Gasteiger partial charge in [0, 0.05) is 31.2 Å². The monoisotopic (exact) mass is 284 g/mol. The molecular weight excluding hydrogens is 260 g/mol. The van der Waals surface area contributed by atoms with Gasteiger partial charge in [-0.05, 0) is 18.6 Å². The van der Waals surface area contributed by atoms with Gasteiger partial charge in [0.25, 0.3) is 0 Å². The second-order valence-corrected chi connectivity index (χ2v) is 5.16. The highest BCUT2D eigenvalue weighted by molar-refractivity contribution is 5.35. The van der Waals surface area contributed by atoms with Crippen LogP contribution in [0.2, 0.25) is 0 Å². The number of rotatable bonds is 7. The molecule has 2 aromatic rings. The number of benzene rings is 2. The number of methoxy groups -OCH3 is 1. The molecule has 1 atom stereocenters. The normalized spacial score (nSPS) is 12.4. The van der Waals surface area contributed by atoms with E-state index in [4.69, 9.17) is 10.5 Å². The minimum absolute atomic E-state index is 0.255. The SMILES string of the molecule is COc1ccccc1C(C)N(CCN)Cc1ccccc1. The molecule has 3 nitrogen and oxygen atoms in total. The van der Waals surface area contributed by atoms with Gasteiger partial charge in [0.15, 0.2) is 0 Å². The highest BCUT2D eigenvalue weighted by atomic mass is 16.5. The fourth-order valence-corrected chi connectivity index (χ4v) is 2.60. The molecule has 2 aromatic carbocycles. The van der Waals surface area contributed by atoms with Gasteiger partial charge in [-0.2, -0.15) is 0 Å². The molecule has 112 valence electrons. The summed E-state index contributed by atoms with van der Waals surface area (Å²) >= 11 is 0. The van der Waals surface area contributed by atoms with Crippen LogP contribution in [0.3, 0.4) is 0 Å². The van der Waals surface area contributed by atoms with Crippen LogP contribution in [0.1, 0.15) is 24.1 Å². The molecule has 3 heteroatoms. The third-order valence-electron chi connectivity index (χ3n) is 3.78. The largest absolute Gasteiger partial charge is 0.496 e. The van der Waals surface area contributed by atoms with Gasteiger partial charge >= 0.3 is 0 Å². The van der Waals surface area contributed by atoms with Gasteiger partial charge in [-0.25, -0.2) is 0 Å². The van der Waals surface area contributed by atoms with Crippen molar-refractivity contribution in [2.75, 3.05) is 20.2 Å². The zero-order chi connectivity index (χ0) is 15.1. The number of nitrogens with two attached hydrogens (primary N) is 1. The van der Waals surface area contributed by atoms with Crippen LogP contribution in [0.5, 0.6) is 5.75 Å². The van der Waals surface area contributed by atoms with Gasteiger partial charge in [0.05, 0.1) is 7.11 Å². The van der Waals surface area contributed by atoms with E-state index in [0.29, 0.717) is 6.54 Å². The van der Waals surface area contributed by atoms with Crippen LogP contribution in [-0.2, 0) is 6.54 Å². The fraction of sp³-hybridized carbons (Fsp3) is 0.333. The lowest BCUT2D eigenvalue weighted by molar-refractivity contribution is 0.203. The van der Waals surface area contributed by atoms with E-state index in [9.17, 15) is 0 Å². The second-order valence-electron chi connectivity index (χ2n) is 5.16. The first-order valence-corrected chi connectivity index (χ1v) is 7.37. The molecule has 2 rings (SSSR count). The minimum Gasteiger partial charge on any atom is -0.496 e. The summed E-state index contributed by atoms with van der Waals surface area (Å²) in [6.45, 7) is 4.59. The topological polar surface area (TPSA) is 38.5 Å². The summed E-state index contributed by atoms with van der Waals surface area (Å²) in [5.74, 6) is 0.931. The van der Waals surface area contributed by atoms with Gasteiger partial charge in [0.2, 0.25) is 0 Å². The second kappa shape index (κ2) is 7.81. The lowest BCUT2D eigenvalue weighted by atomic mass is 10.0. The summed E-state index contributed by atoms with van der Waals surface area (Å²) in [4.78, 5) is 2.38. The summed E-state index contributed by atoms with van der Waals surface area (Å²) in [6, 6.07) is 18.9. The molecule has 0 amide bonds. The van der Waals surface area contributed by atoms with Crippen LogP contribution in [0.15, 0.2) is 54.6 Å². The zero-order valence-electron chi connectivity index (χ0n) is 12.8. The molecule has 0 radical (unpaired) electrons. The molecule has 2 N–H and O–H groups in total. The molecule has 21 heavy (non-hydrogen) atoms. The Kier molecular flexibility index (Phi) is 5.78. The first-order chi connectivity index (χ1) is 10.3.